The highest BCUT2D eigenvalue weighted by Crippen LogP contribution is 2.27. The Labute approximate surface area is 125 Å². The lowest BCUT2D eigenvalue weighted by Crippen LogP contribution is -2.40. The molecule has 1 aromatic carbocycles. The zero-order valence-corrected chi connectivity index (χ0v) is 12.2. The Morgan fingerprint density at radius 1 is 1.27 bits per heavy atom. The van der Waals surface area contributed by atoms with Crippen molar-refractivity contribution in [1.29, 1.82) is 0 Å². The summed E-state index contributed by atoms with van der Waals surface area (Å²) in [5.41, 5.74) is -0.0531. The standard InChI is InChI=1S/C13H14F3NO4S/c14-13(15,16)8-9-3-5-10(6-4-9)22(20,21)17-7-1-2-11(17)12(18)19/h3-6,11H,1-2,7-8H2,(H,18,19). The molecule has 0 aliphatic carbocycles. The van der Waals surface area contributed by atoms with E-state index in [-0.39, 0.29) is 23.4 Å². The van der Waals surface area contributed by atoms with Crippen LogP contribution in [0.15, 0.2) is 29.2 Å². The first-order chi connectivity index (χ1) is 10.1. The van der Waals surface area contributed by atoms with Crippen molar-refractivity contribution < 1.29 is 31.5 Å². The Balaban J connectivity index is 2.25. The van der Waals surface area contributed by atoms with E-state index < -0.39 is 34.6 Å². The molecule has 0 spiro atoms. The van der Waals surface area contributed by atoms with Crippen molar-refractivity contribution in [3.05, 3.63) is 29.8 Å². The highest BCUT2D eigenvalue weighted by molar-refractivity contribution is 7.89. The van der Waals surface area contributed by atoms with E-state index in [9.17, 15) is 26.4 Å². The molecule has 2 rings (SSSR count). The molecule has 9 heteroatoms. The molecule has 1 N–H and O–H groups in total. The molecule has 5 nitrogen and oxygen atoms in total. The summed E-state index contributed by atoms with van der Waals surface area (Å²) in [4.78, 5) is 10.9. The number of carboxylic acids is 1. The molecule has 1 heterocycles. The summed E-state index contributed by atoms with van der Waals surface area (Å²) in [5.74, 6) is -1.23. The van der Waals surface area contributed by atoms with Crippen LogP contribution in [0, 0.1) is 0 Å². The van der Waals surface area contributed by atoms with E-state index in [1.807, 2.05) is 0 Å². The van der Waals surface area contributed by atoms with Gasteiger partial charge >= 0.3 is 12.1 Å². The fourth-order valence-electron chi connectivity index (χ4n) is 2.42. The minimum Gasteiger partial charge on any atom is -0.480 e. The quantitative estimate of drug-likeness (QED) is 0.912. The molecule has 0 amide bonds. The van der Waals surface area contributed by atoms with E-state index in [4.69, 9.17) is 5.11 Å². The van der Waals surface area contributed by atoms with E-state index >= 15 is 0 Å². The second kappa shape index (κ2) is 5.88. The molecule has 0 bridgehead atoms. The van der Waals surface area contributed by atoms with Gasteiger partial charge in [0.25, 0.3) is 0 Å². The summed E-state index contributed by atoms with van der Waals surface area (Å²) < 4.78 is 62.5. The van der Waals surface area contributed by atoms with Crippen LogP contribution in [0.3, 0.4) is 0 Å². The monoisotopic (exact) mass is 337 g/mol. The highest BCUT2D eigenvalue weighted by atomic mass is 32.2. The predicted molar refractivity (Wildman–Crippen MR) is 70.8 cm³/mol. The topological polar surface area (TPSA) is 74.7 Å². The molecular weight excluding hydrogens is 323 g/mol. The van der Waals surface area contributed by atoms with E-state index in [2.05, 4.69) is 0 Å². The first-order valence-electron chi connectivity index (χ1n) is 6.51. The zero-order chi connectivity index (χ0) is 16.5. The molecule has 0 saturated carbocycles. The van der Waals surface area contributed by atoms with E-state index in [1.54, 1.807) is 0 Å². The van der Waals surface area contributed by atoms with Crippen molar-refractivity contribution in [2.45, 2.75) is 36.4 Å². The van der Waals surface area contributed by atoms with Crippen LogP contribution >= 0.6 is 0 Å². The summed E-state index contributed by atoms with van der Waals surface area (Å²) in [6.45, 7) is 0.0869. The SMILES string of the molecule is O=C(O)C1CCCN1S(=O)(=O)c1ccc(CC(F)(F)F)cc1. The molecule has 0 radical (unpaired) electrons. The highest BCUT2D eigenvalue weighted by Gasteiger charge is 2.39. The zero-order valence-electron chi connectivity index (χ0n) is 11.4. The normalized spacial score (nSPS) is 20.2. The van der Waals surface area contributed by atoms with Gasteiger partial charge in [0.05, 0.1) is 11.3 Å². The number of hydrogen-bond donors (Lipinski definition) is 1. The first-order valence-corrected chi connectivity index (χ1v) is 7.95. The number of rotatable bonds is 4. The second-order valence-corrected chi connectivity index (χ2v) is 6.94. The van der Waals surface area contributed by atoms with Gasteiger partial charge in [0.1, 0.15) is 6.04 Å². The van der Waals surface area contributed by atoms with Crippen molar-refractivity contribution in [2.75, 3.05) is 6.54 Å². The number of nitrogens with zero attached hydrogens (tertiary/aromatic N) is 1. The number of benzene rings is 1. The Morgan fingerprint density at radius 3 is 2.36 bits per heavy atom. The number of halogens is 3. The third kappa shape index (κ3) is 3.58. The number of alkyl halides is 3. The molecule has 1 aliphatic rings. The Bertz CT molecular complexity index is 655. The van der Waals surface area contributed by atoms with Gasteiger partial charge in [0.2, 0.25) is 10.0 Å². The van der Waals surface area contributed by atoms with Crippen LogP contribution < -0.4 is 0 Å². The number of hydrogen-bond acceptors (Lipinski definition) is 3. The number of carbonyl (C=O) groups is 1. The van der Waals surface area contributed by atoms with Crippen LogP contribution in [0.25, 0.3) is 0 Å². The molecule has 22 heavy (non-hydrogen) atoms. The van der Waals surface area contributed by atoms with Crippen LogP contribution in [0.4, 0.5) is 13.2 Å². The average Bonchev–Trinajstić information content (AvgIpc) is 2.87. The lowest BCUT2D eigenvalue weighted by molar-refractivity contribution is -0.140. The van der Waals surface area contributed by atoms with Crippen molar-refractivity contribution in [3.63, 3.8) is 0 Å². The minimum atomic E-state index is -4.37. The number of sulfonamides is 1. The molecule has 1 saturated heterocycles. The summed E-state index contributed by atoms with van der Waals surface area (Å²) in [5, 5.41) is 9.03. The van der Waals surface area contributed by atoms with Gasteiger partial charge in [-0.1, -0.05) is 12.1 Å². The van der Waals surface area contributed by atoms with Gasteiger partial charge in [-0.2, -0.15) is 17.5 Å². The van der Waals surface area contributed by atoms with E-state index in [1.165, 1.54) is 0 Å². The maximum atomic E-state index is 12.4. The van der Waals surface area contributed by atoms with Gasteiger partial charge < -0.3 is 5.11 Å². The smallest absolute Gasteiger partial charge is 0.393 e. The maximum Gasteiger partial charge on any atom is 0.393 e. The molecule has 1 atom stereocenters. The van der Waals surface area contributed by atoms with Crippen molar-refractivity contribution >= 4 is 16.0 Å². The fourth-order valence-corrected chi connectivity index (χ4v) is 4.07. The third-order valence-corrected chi connectivity index (χ3v) is 5.35. The van der Waals surface area contributed by atoms with Crippen LogP contribution in [0.2, 0.25) is 0 Å². The molecule has 1 unspecified atom stereocenters. The Morgan fingerprint density at radius 2 is 1.86 bits per heavy atom. The summed E-state index contributed by atoms with van der Waals surface area (Å²) in [7, 11) is -4.02. The number of carboxylic acid groups (broad SMARTS) is 1. The van der Waals surface area contributed by atoms with Crippen LogP contribution in [0.5, 0.6) is 0 Å². The third-order valence-electron chi connectivity index (χ3n) is 3.42. The maximum absolute atomic E-state index is 12.4. The van der Waals surface area contributed by atoms with Crippen molar-refractivity contribution in [2.24, 2.45) is 0 Å². The Hall–Kier alpha value is -1.61. The molecule has 1 fully saturated rings. The van der Waals surface area contributed by atoms with E-state index in [0.29, 0.717) is 6.42 Å². The predicted octanol–water partition coefficient (Wildman–Crippen LogP) is 2.03. The van der Waals surface area contributed by atoms with Crippen LogP contribution in [-0.4, -0.2) is 42.6 Å². The van der Waals surface area contributed by atoms with Gasteiger partial charge in [-0.3, -0.25) is 4.79 Å². The minimum absolute atomic E-state index is 0.0531. The fraction of sp³-hybridized carbons (Fsp3) is 0.462. The van der Waals surface area contributed by atoms with Gasteiger partial charge in [0.15, 0.2) is 0 Å². The largest absolute Gasteiger partial charge is 0.480 e. The van der Waals surface area contributed by atoms with Crippen LogP contribution in [-0.2, 0) is 21.2 Å². The number of aliphatic carboxylic acids is 1. The lowest BCUT2D eigenvalue weighted by atomic mass is 10.1. The van der Waals surface area contributed by atoms with Gasteiger partial charge in [-0.25, -0.2) is 8.42 Å². The molecule has 0 aromatic heterocycles. The summed E-state index contributed by atoms with van der Waals surface area (Å²) in [6.07, 6.45) is -4.86. The van der Waals surface area contributed by atoms with Gasteiger partial charge in [0, 0.05) is 6.54 Å². The van der Waals surface area contributed by atoms with Crippen molar-refractivity contribution in [1.82, 2.24) is 4.31 Å². The van der Waals surface area contributed by atoms with E-state index in [0.717, 1.165) is 28.6 Å². The second-order valence-electron chi connectivity index (χ2n) is 5.05. The van der Waals surface area contributed by atoms with Crippen molar-refractivity contribution in [3.8, 4) is 0 Å². The lowest BCUT2D eigenvalue weighted by Gasteiger charge is -2.21. The first kappa shape index (κ1) is 16.8. The Kier molecular flexibility index (Phi) is 4.48. The molecule has 122 valence electrons. The molecule has 1 aromatic rings. The summed E-state index contributed by atoms with van der Waals surface area (Å²) in [6, 6.07) is 3.21. The van der Waals surface area contributed by atoms with Crippen LogP contribution in [0.1, 0.15) is 18.4 Å². The van der Waals surface area contributed by atoms with Gasteiger partial charge in [-0.15, -0.1) is 0 Å². The summed E-state index contributed by atoms with van der Waals surface area (Å²) >= 11 is 0. The average molecular weight is 337 g/mol. The molecular formula is C13H14F3NO4S. The van der Waals surface area contributed by atoms with Gasteiger partial charge in [-0.05, 0) is 30.5 Å². The molecule has 1 aliphatic heterocycles.